The second-order valence-electron chi connectivity index (χ2n) is 3.83. The van der Waals surface area contributed by atoms with Crippen molar-refractivity contribution < 1.29 is 4.79 Å². The summed E-state index contributed by atoms with van der Waals surface area (Å²) in [5.74, 6) is 0.996. The lowest BCUT2D eigenvalue weighted by molar-refractivity contribution is 0.111. The zero-order valence-corrected chi connectivity index (χ0v) is 7.78. The van der Waals surface area contributed by atoms with Gasteiger partial charge in [-0.1, -0.05) is 12.8 Å². The van der Waals surface area contributed by atoms with Gasteiger partial charge in [-0.2, -0.15) is 0 Å². The van der Waals surface area contributed by atoms with Gasteiger partial charge >= 0.3 is 0 Å². The van der Waals surface area contributed by atoms with Crippen molar-refractivity contribution in [2.75, 3.05) is 0 Å². The molecule has 2 rings (SSSR count). The van der Waals surface area contributed by atoms with Gasteiger partial charge in [0.1, 0.15) is 0 Å². The van der Waals surface area contributed by atoms with Crippen LogP contribution in [0.4, 0.5) is 0 Å². The van der Waals surface area contributed by atoms with Crippen LogP contribution in [-0.4, -0.2) is 10.9 Å². The van der Waals surface area contributed by atoms with Crippen molar-refractivity contribution in [2.24, 2.45) is 5.92 Å². The first-order chi connectivity index (χ1) is 6.40. The van der Waals surface area contributed by atoms with Crippen LogP contribution in [-0.2, 0) is 6.54 Å². The van der Waals surface area contributed by atoms with E-state index in [-0.39, 0.29) is 0 Å². The molecular formula is C11H15NO. The van der Waals surface area contributed by atoms with Gasteiger partial charge in [-0.3, -0.25) is 4.79 Å². The third-order valence-electron chi connectivity index (χ3n) is 2.69. The van der Waals surface area contributed by atoms with Crippen LogP contribution in [0, 0.1) is 5.92 Å². The number of aryl methyl sites for hydroxylation is 1. The van der Waals surface area contributed by atoms with E-state index in [0.29, 0.717) is 0 Å². The summed E-state index contributed by atoms with van der Waals surface area (Å²) in [5.41, 5.74) is 0.802. The molecular weight excluding hydrogens is 162 g/mol. The van der Waals surface area contributed by atoms with E-state index in [0.717, 1.165) is 24.4 Å². The van der Waals surface area contributed by atoms with Crippen molar-refractivity contribution in [3.8, 4) is 0 Å². The smallest absolute Gasteiger partial charge is 0.166 e. The maximum absolute atomic E-state index is 10.6. The predicted molar refractivity (Wildman–Crippen MR) is 51.8 cm³/mol. The fraction of sp³-hybridized carbons (Fsp3) is 0.545. The Morgan fingerprint density at radius 3 is 3.08 bits per heavy atom. The molecule has 0 saturated heterocycles. The van der Waals surface area contributed by atoms with Gasteiger partial charge in [0.2, 0.25) is 0 Å². The summed E-state index contributed by atoms with van der Waals surface area (Å²) in [6.45, 7) is 0.998. The summed E-state index contributed by atoms with van der Waals surface area (Å²) < 4.78 is 2.04. The van der Waals surface area contributed by atoms with Gasteiger partial charge in [-0.25, -0.2) is 0 Å². The molecule has 0 bridgehead atoms. The molecule has 1 aliphatic rings. The molecule has 0 radical (unpaired) electrons. The molecule has 0 aromatic carbocycles. The second-order valence-corrected chi connectivity index (χ2v) is 3.83. The Morgan fingerprint density at radius 2 is 2.38 bits per heavy atom. The highest BCUT2D eigenvalue weighted by Gasteiger charge is 2.20. The summed E-state index contributed by atoms with van der Waals surface area (Å²) in [5, 5.41) is 0. The number of rotatable bonds is 5. The summed E-state index contributed by atoms with van der Waals surface area (Å²) >= 11 is 0. The van der Waals surface area contributed by atoms with Crippen molar-refractivity contribution in [2.45, 2.75) is 32.2 Å². The Morgan fingerprint density at radius 1 is 1.54 bits per heavy atom. The van der Waals surface area contributed by atoms with Gasteiger partial charge in [0, 0.05) is 12.7 Å². The van der Waals surface area contributed by atoms with E-state index >= 15 is 0 Å². The number of hydrogen-bond donors (Lipinski definition) is 0. The first kappa shape index (κ1) is 8.54. The monoisotopic (exact) mass is 177 g/mol. The molecule has 1 aliphatic carbocycles. The Bertz CT molecular complexity index is 286. The highest BCUT2D eigenvalue weighted by Crippen LogP contribution is 2.33. The number of aldehydes is 1. The predicted octanol–water partition coefficient (Wildman–Crippen LogP) is 2.49. The van der Waals surface area contributed by atoms with Crippen LogP contribution in [0.15, 0.2) is 18.3 Å². The highest BCUT2D eigenvalue weighted by atomic mass is 16.1. The maximum Gasteiger partial charge on any atom is 0.166 e. The molecule has 1 fully saturated rings. The first-order valence-electron chi connectivity index (χ1n) is 5.00. The SMILES string of the molecule is O=Cc1cccn1CCCC1CC1. The Balaban J connectivity index is 1.81. The third-order valence-corrected chi connectivity index (χ3v) is 2.69. The second kappa shape index (κ2) is 3.77. The number of carbonyl (C=O) groups is 1. The van der Waals surface area contributed by atoms with Crippen LogP contribution in [0.1, 0.15) is 36.2 Å². The molecule has 0 atom stereocenters. The maximum atomic E-state index is 10.6. The van der Waals surface area contributed by atoms with Gasteiger partial charge in [-0.15, -0.1) is 0 Å². The Hall–Kier alpha value is -1.05. The lowest BCUT2D eigenvalue weighted by Gasteiger charge is -2.03. The molecule has 70 valence electrons. The molecule has 0 amide bonds. The summed E-state index contributed by atoms with van der Waals surface area (Å²) in [6.07, 6.45) is 8.29. The average molecular weight is 177 g/mol. The number of carbonyl (C=O) groups excluding carboxylic acids is 1. The topological polar surface area (TPSA) is 22.0 Å². The first-order valence-corrected chi connectivity index (χ1v) is 5.00. The largest absolute Gasteiger partial charge is 0.345 e. The van der Waals surface area contributed by atoms with Crippen LogP contribution >= 0.6 is 0 Å². The van der Waals surface area contributed by atoms with E-state index in [1.807, 2.05) is 22.9 Å². The Labute approximate surface area is 78.6 Å². The van der Waals surface area contributed by atoms with Crippen LogP contribution in [0.5, 0.6) is 0 Å². The third kappa shape index (κ3) is 2.20. The van der Waals surface area contributed by atoms with Gasteiger partial charge in [0.15, 0.2) is 6.29 Å². The van der Waals surface area contributed by atoms with Crippen LogP contribution in [0.2, 0.25) is 0 Å². The fourth-order valence-corrected chi connectivity index (χ4v) is 1.69. The average Bonchev–Trinajstić information content (AvgIpc) is 2.84. The van der Waals surface area contributed by atoms with Crippen molar-refractivity contribution >= 4 is 6.29 Å². The zero-order valence-electron chi connectivity index (χ0n) is 7.78. The molecule has 0 spiro atoms. The highest BCUT2D eigenvalue weighted by molar-refractivity contribution is 5.72. The lowest BCUT2D eigenvalue weighted by Crippen LogP contribution is -2.00. The minimum absolute atomic E-state index is 0.802. The van der Waals surface area contributed by atoms with Crippen molar-refractivity contribution in [3.05, 3.63) is 24.0 Å². The van der Waals surface area contributed by atoms with Crippen molar-refractivity contribution in [1.82, 2.24) is 4.57 Å². The molecule has 0 unspecified atom stereocenters. The van der Waals surface area contributed by atoms with E-state index in [2.05, 4.69) is 0 Å². The molecule has 0 aliphatic heterocycles. The molecule has 13 heavy (non-hydrogen) atoms. The standard InChI is InChI=1S/C11H15NO/c13-9-11-4-2-8-12(11)7-1-3-10-5-6-10/h2,4,8-10H,1,3,5-7H2. The minimum atomic E-state index is 0.802. The van der Waals surface area contributed by atoms with Crippen molar-refractivity contribution in [3.63, 3.8) is 0 Å². The summed E-state index contributed by atoms with van der Waals surface area (Å²) in [4.78, 5) is 10.6. The fourth-order valence-electron chi connectivity index (χ4n) is 1.69. The van der Waals surface area contributed by atoms with Gasteiger partial charge in [-0.05, 0) is 30.9 Å². The number of nitrogens with zero attached hydrogens (tertiary/aromatic N) is 1. The van der Waals surface area contributed by atoms with Gasteiger partial charge in [0.05, 0.1) is 5.69 Å². The normalized spacial score (nSPS) is 16.0. The molecule has 1 aromatic heterocycles. The van der Waals surface area contributed by atoms with Crippen LogP contribution < -0.4 is 0 Å². The number of aromatic nitrogens is 1. The number of hydrogen-bond acceptors (Lipinski definition) is 1. The Kier molecular flexibility index (Phi) is 2.48. The molecule has 0 N–H and O–H groups in total. The van der Waals surface area contributed by atoms with E-state index in [1.165, 1.54) is 25.7 Å². The van der Waals surface area contributed by atoms with Crippen LogP contribution in [0.25, 0.3) is 0 Å². The molecule has 1 saturated carbocycles. The van der Waals surface area contributed by atoms with Crippen LogP contribution in [0.3, 0.4) is 0 Å². The van der Waals surface area contributed by atoms with E-state index in [9.17, 15) is 4.79 Å². The molecule has 2 nitrogen and oxygen atoms in total. The van der Waals surface area contributed by atoms with Gasteiger partial charge < -0.3 is 4.57 Å². The molecule has 2 heteroatoms. The zero-order chi connectivity index (χ0) is 9.10. The van der Waals surface area contributed by atoms with E-state index in [4.69, 9.17) is 0 Å². The molecule has 1 heterocycles. The van der Waals surface area contributed by atoms with E-state index < -0.39 is 0 Å². The summed E-state index contributed by atoms with van der Waals surface area (Å²) in [6, 6.07) is 3.80. The quantitative estimate of drug-likeness (QED) is 0.633. The minimum Gasteiger partial charge on any atom is -0.345 e. The van der Waals surface area contributed by atoms with E-state index in [1.54, 1.807) is 0 Å². The van der Waals surface area contributed by atoms with Gasteiger partial charge in [0.25, 0.3) is 0 Å². The molecule has 1 aromatic rings. The van der Waals surface area contributed by atoms with Crippen molar-refractivity contribution in [1.29, 1.82) is 0 Å². The summed E-state index contributed by atoms with van der Waals surface area (Å²) in [7, 11) is 0. The lowest BCUT2D eigenvalue weighted by atomic mass is 10.2.